The minimum absolute atomic E-state index is 0.0645. The van der Waals surface area contributed by atoms with Crippen LogP contribution < -0.4 is 10.2 Å². The highest BCUT2D eigenvalue weighted by Crippen LogP contribution is 2.51. The number of likely N-dealkylation sites (N-methyl/N-ethyl adjacent to an activating group) is 1. The van der Waals surface area contributed by atoms with Crippen LogP contribution in [0.5, 0.6) is 0 Å². The van der Waals surface area contributed by atoms with Crippen LogP contribution in [0.3, 0.4) is 0 Å². The van der Waals surface area contributed by atoms with E-state index in [0.29, 0.717) is 26.1 Å². The van der Waals surface area contributed by atoms with Crippen molar-refractivity contribution in [2.75, 3.05) is 24.5 Å². The number of H-pyrrole nitrogens is 1. The second-order valence-electron chi connectivity index (χ2n) is 7.93. The Morgan fingerprint density at radius 3 is 2.70 bits per heavy atom. The van der Waals surface area contributed by atoms with Gasteiger partial charge in [-0.3, -0.25) is 4.79 Å². The van der Waals surface area contributed by atoms with Gasteiger partial charge in [-0.25, -0.2) is 4.79 Å². The molecule has 0 aliphatic carbocycles. The number of amides is 3. The van der Waals surface area contributed by atoms with E-state index in [2.05, 4.69) is 16.4 Å². The predicted molar refractivity (Wildman–Crippen MR) is 118 cm³/mol. The number of carbonyl (C=O) groups excluding carboxylic acids is 2. The first-order valence-electron chi connectivity index (χ1n) is 10.7. The molecule has 0 unspecified atom stereocenters. The lowest BCUT2D eigenvalue weighted by atomic mass is 9.80. The lowest BCUT2D eigenvalue weighted by Gasteiger charge is -2.43. The Balaban J connectivity index is 1.81. The van der Waals surface area contributed by atoms with Gasteiger partial charge >= 0.3 is 6.03 Å². The molecule has 0 saturated heterocycles. The van der Waals surface area contributed by atoms with Gasteiger partial charge in [-0.05, 0) is 37.5 Å². The molecule has 6 nitrogen and oxygen atoms in total. The summed E-state index contributed by atoms with van der Waals surface area (Å²) in [6.07, 6.45) is 1.55. The Morgan fingerprint density at radius 1 is 1.13 bits per heavy atom. The molecule has 2 aromatic carbocycles. The zero-order valence-corrected chi connectivity index (χ0v) is 17.4. The van der Waals surface area contributed by atoms with E-state index in [0.717, 1.165) is 39.8 Å². The number of hydrogen-bond acceptors (Lipinski definition) is 2. The number of aromatic amines is 1. The Kier molecular flexibility index (Phi) is 4.31. The van der Waals surface area contributed by atoms with Gasteiger partial charge in [-0.2, -0.15) is 0 Å². The Morgan fingerprint density at radius 2 is 1.90 bits per heavy atom. The molecule has 2 aliphatic rings. The van der Waals surface area contributed by atoms with Gasteiger partial charge in [-0.15, -0.1) is 0 Å². The molecule has 0 saturated carbocycles. The number of fused-ring (bicyclic) bond motifs is 6. The van der Waals surface area contributed by atoms with E-state index >= 15 is 0 Å². The van der Waals surface area contributed by atoms with E-state index in [1.54, 1.807) is 9.80 Å². The average molecular weight is 402 g/mol. The number of nitrogens with one attached hydrogen (secondary N) is 2. The number of carbonyl (C=O) groups is 2. The molecule has 1 atom stereocenters. The predicted octanol–water partition coefficient (Wildman–Crippen LogP) is 3.76. The van der Waals surface area contributed by atoms with Crippen molar-refractivity contribution in [3.8, 4) is 0 Å². The number of hydrogen-bond donors (Lipinski definition) is 2. The fourth-order valence-corrected chi connectivity index (χ4v) is 5.13. The van der Waals surface area contributed by atoms with Crippen molar-refractivity contribution in [3.05, 3.63) is 65.4 Å². The van der Waals surface area contributed by atoms with Crippen molar-refractivity contribution < 1.29 is 9.59 Å². The maximum absolute atomic E-state index is 14.1. The lowest BCUT2D eigenvalue weighted by Crippen LogP contribution is -2.61. The van der Waals surface area contributed by atoms with Crippen molar-refractivity contribution in [2.24, 2.45) is 0 Å². The molecule has 1 aromatic heterocycles. The molecule has 2 N–H and O–H groups in total. The summed E-state index contributed by atoms with van der Waals surface area (Å²) in [6.45, 7) is 5.62. The minimum Gasteiger partial charge on any atom is -0.355 e. The van der Waals surface area contributed by atoms with E-state index < -0.39 is 5.54 Å². The third kappa shape index (κ3) is 2.30. The molecule has 1 spiro atoms. The van der Waals surface area contributed by atoms with E-state index in [-0.39, 0.29) is 11.9 Å². The highest BCUT2D eigenvalue weighted by atomic mass is 16.2. The van der Waals surface area contributed by atoms with Crippen molar-refractivity contribution in [2.45, 2.75) is 32.2 Å². The molecule has 0 radical (unpaired) electrons. The molecule has 0 fully saturated rings. The summed E-state index contributed by atoms with van der Waals surface area (Å²) < 4.78 is 0. The third-order valence-electron chi connectivity index (χ3n) is 6.39. The molecule has 0 bridgehead atoms. The number of rotatable bonds is 3. The Hall–Kier alpha value is -3.28. The quantitative estimate of drug-likeness (QED) is 0.701. The molecular weight excluding hydrogens is 376 g/mol. The van der Waals surface area contributed by atoms with Crippen molar-refractivity contribution in [1.82, 2.24) is 15.2 Å². The lowest BCUT2D eigenvalue weighted by molar-refractivity contribution is -0.126. The van der Waals surface area contributed by atoms with Crippen LogP contribution >= 0.6 is 0 Å². The summed E-state index contributed by atoms with van der Waals surface area (Å²) in [4.78, 5) is 34.5. The maximum atomic E-state index is 14.1. The molecule has 3 amide bonds. The second kappa shape index (κ2) is 6.90. The molecule has 2 aliphatic heterocycles. The highest BCUT2D eigenvalue weighted by molar-refractivity contribution is 6.12. The number of anilines is 1. The SMILES string of the molecule is CCCNC(=O)N1CCc2c([nH]c3ccccc23)[C@]12C(=O)N(CC)c1ccccc12. The van der Waals surface area contributed by atoms with Crippen LogP contribution in [0.1, 0.15) is 37.1 Å². The van der Waals surface area contributed by atoms with Crippen LogP contribution in [-0.4, -0.2) is 41.5 Å². The van der Waals surface area contributed by atoms with Crippen LogP contribution in [-0.2, 0) is 16.8 Å². The normalized spacial score (nSPS) is 20.0. The van der Waals surface area contributed by atoms with Crippen molar-refractivity contribution in [1.29, 1.82) is 0 Å². The van der Waals surface area contributed by atoms with Gasteiger partial charge in [0.1, 0.15) is 0 Å². The zero-order chi connectivity index (χ0) is 20.9. The van der Waals surface area contributed by atoms with Gasteiger partial charge in [0, 0.05) is 36.1 Å². The highest BCUT2D eigenvalue weighted by Gasteiger charge is 2.60. The fraction of sp³-hybridized carbons (Fsp3) is 0.333. The van der Waals surface area contributed by atoms with E-state index in [1.807, 2.05) is 56.3 Å². The summed E-state index contributed by atoms with van der Waals surface area (Å²) in [5.41, 5.74) is 3.54. The Labute approximate surface area is 175 Å². The molecule has 30 heavy (non-hydrogen) atoms. The number of urea groups is 1. The van der Waals surface area contributed by atoms with E-state index in [9.17, 15) is 9.59 Å². The molecule has 154 valence electrons. The number of nitrogens with zero attached hydrogens (tertiary/aromatic N) is 2. The van der Waals surface area contributed by atoms with Crippen LogP contribution in [0.2, 0.25) is 0 Å². The second-order valence-corrected chi connectivity index (χ2v) is 7.93. The van der Waals surface area contributed by atoms with Crippen molar-refractivity contribution in [3.63, 3.8) is 0 Å². The number of aromatic nitrogens is 1. The third-order valence-corrected chi connectivity index (χ3v) is 6.39. The first-order chi connectivity index (χ1) is 14.6. The summed E-state index contributed by atoms with van der Waals surface area (Å²) in [7, 11) is 0. The molecule has 3 aromatic rings. The molecule has 6 heteroatoms. The van der Waals surface area contributed by atoms with Gasteiger partial charge in [0.05, 0.1) is 11.4 Å². The maximum Gasteiger partial charge on any atom is 0.318 e. The summed E-state index contributed by atoms with van der Waals surface area (Å²) in [6, 6.07) is 15.8. The standard InChI is InChI=1S/C24H26N4O2/c1-3-14-25-23(30)28-15-13-17-16-9-5-7-11-19(16)26-21(17)24(28)18-10-6-8-12-20(18)27(4-2)22(24)29/h5-12,26H,3-4,13-15H2,1-2H3,(H,25,30)/t24-/m1/s1. The Bertz CT molecular complexity index is 1150. The van der Waals surface area contributed by atoms with E-state index in [1.165, 1.54) is 0 Å². The topological polar surface area (TPSA) is 68.4 Å². The largest absolute Gasteiger partial charge is 0.355 e. The summed E-state index contributed by atoms with van der Waals surface area (Å²) in [5.74, 6) is -0.0645. The smallest absolute Gasteiger partial charge is 0.318 e. The average Bonchev–Trinajstić information content (AvgIpc) is 3.27. The van der Waals surface area contributed by atoms with Crippen LogP contribution in [0.4, 0.5) is 10.5 Å². The van der Waals surface area contributed by atoms with Gasteiger partial charge in [0.2, 0.25) is 0 Å². The minimum atomic E-state index is -1.17. The molecular formula is C24H26N4O2. The zero-order valence-electron chi connectivity index (χ0n) is 17.4. The van der Waals surface area contributed by atoms with Crippen LogP contribution in [0, 0.1) is 0 Å². The van der Waals surface area contributed by atoms with Gasteiger partial charge in [0.25, 0.3) is 5.91 Å². The monoisotopic (exact) mass is 402 g/mol. The molecule has 3 heterocycles. The van der Waals surface area contributed by atoms with Crippen molar-refractivity contribution >= 4 is 28.5 Å². The fourth-order valence-electron chi connectivity index (χ4n) is 5.13. The van der Waals surface area contributed by atoms with Crippen LogP contribution in [0.15, 0.2) is 48.5 Å². The van der Waals surface area contributed by atoms with Gasteiger partial charge in [-0.1, -0.05) is 43.3 Å². The van der Waals surface area contributed by atoms with Gasteiger partial charge < -0.3 is 20.1 Å². The summed E-state index contributed by atoms with van der Waals surface area (Å²) >= 11 is 0. The van der Waals surface area contributed by atoms with E-state index in [4.69, 9.17) is 0 Å². The first kappa shape index (κ1) is 18.7. The first-order valence-corrected chi connectivity index (χ1v) is 10.7. The number of para-hydroxylation sites is 2. The van der Waals surface area contributed by atoms with Gasteiger partial charge in [0.15, 0.2) is 5.54 Å². The van der Waals surface area contributed by atoms with Crippen LogP contribution in [0.25, 0.3) is 10.9 Å². The summed E-state index contributed by atoms with van der Waals surface area (Å²) in [5, 5.41) is 4.13. The molecule has 5 rings (SSSR count). The number of benzene rings is 2.